The summed E-state index contributed by atoms with van der Waals surface area (Å²) in [5, 5.41) is 0. The first-order valence-electron chi connectivity index (χ1n) is 7.02. The van der Waals surface area contributed by atoms with Crippen LogP contribution in [0.5, 0.6) is 5.75 Å². The van der Waals surface area contributed by atoms with Gasteiger partial charge < -0.3 is 20.1 Å². The lowest BCUT2D eigenvalue weighted by Crippen LogP contribution is -2.30. The summed E-state index contributed by atoms with van der Waals surface area (Å²) in [6.45, 7) is 3.71. The minimum absolute atomic E-state index is 0.430. The van der Waals surface area contributed by atoms with Gasteiger partial charge in [-0.2, -0.15) is 0 Å². The van der Waals surface area contributed by atoms with Crippen molar-refractivity contribution in [1.82, 2.24) is 4.90 Å². The van der Waals surface area contributed by atoms with E-state index in [0.29, 0.717) is 6.10 Å². The van der Waals surface area contributed by atoms with Gasteiger partial charge in [-0.3, -0.25) is 0 Å². The molecule has 106 valence electrons. The van der Waals surface area contributed by atoms with Gasteiger partial charge in [-0.15, -0.1) is 0 Å². The second-order valence-electron chi connectivity index (χ2n) is 5.17. The third-order valence-corrected chi connectivity index (χ3v) is 3.35. The number of hydrogen-bond donors (Lipinski definition) is 1. The molecule has 1 fully saturated rings. The Morgan fingerprint density at radius 1 is 1.47 bits per heavy atom. The van der Waals surface area contributed by atoms with Crippen LogP contribution in [-0.4, -0.2) is 44.4 Å². The van der Waals surface area contributed by atoms with E-state index in [1.807, 2.05) is 24.3 Å². The average molecular weight is 264 g/mol. The molecule has 2 rings (SSSR count). The monoisotopic (exact) mass is 264 g/mol. The number of benzene rings is 1. The van der Waals surface area contributed by atoms with E-state index in [-0.39, 0.29) is 0 Å². The molecule has 1 aliphatic rings. The third kappa shape index (κ3) is 5.09. The van der Waals surface area contributed by atoms with Crippen molar-refractivity contribution in [1.29, 1.82) is 0 Å². The highest BCUT2D eigenvalue weighted by molar-refractivity contribution is 5.43. The summed E-state index contributed by atoms with van der Waals surface area (Å²) in [5.41, 5.74) is 6.44. The van der Waals surface area contributed by atoms with Crippen LogP contribution in [0.1, 0.15) is 19.3 Å². The van der Waals surface area contributed by atoms with Crippen LogP contribution in [0.25, 0.3) is 0 Å². The smallest absolute Gasteiger partial charge is 0.121 e. The van der Waals surface area contributed by atoms with Gasteiger partial charge >= 0.3 is 0 Å². The summed E-state index contributed by atoms with van der Waals surface area (Å²) >= 11 is 0. The second-order valence-corrected chi connectivity index (χ2v) is 5.17. The van der Waals surface area contributed by atoms with Gasteiger partial charge in [0.2, 0.25) is 0 Å². The molecule has 1 saturated heterocycles. The molecular formula is C15H24N2O2. The van der Waals surface area contributed by atoms with Crippen molar-refractivity contribution in [2.75, 3.05) is 39.1 Å². The molecule has 0 aliphatic carbocycles. The van der Waals surface area contributed by atoms with Crippen LogP contribution >= 0.6 is 0 Å². The summed E-state index contributed by atoms with van der Waals surface area (Å²) in [7, 11) is 2.14. The zero-order chi connectivity index (χ0) is 13.5. The Bertz CT molecular complexity index is 378. The average Bonchev–Trinajstić information content (AvgIpc) is 2.87. The molecule has 1 heterocycles. The number of hydrogen-bond acceptors (Lipinski definition) is 4. The Hall–Kier alpha value is -1.26. The molecule has 1 aromatic rings. The first kappa shape index (κ1) is 14.2. The van der Waals surface area contributed by atoms with E-state index < -0.39 is 0 Å². The Kier molecular flexibility index (Phi) is 5.48. The maximum absolute atomic E-state index is 5.70. The van der Waals surface area contributed by atoms with Crippen LogP contribution in [0.3, 0.4) is 0 Å². The standard InChI is InChI=1S/C15H24N2O2/c1-17(12-15-7-3-9-19-15)8-4-10-18-14-6-2-5-13(16)11-14/h2,5-6,11,15H,3-4,7-10,12,16H2,1H3. The highest BCUT2D eigenvalue weighted by Crippen LogP contribution is 2.15. The van der Waals surface area contributed by atoms with Gasteiger partial charge in [-0.25, -0.2) is 0 Å². The van der Waals surface area contributed by atoms with Crippen molar-refractivity contribution in [3.63, 3.8) is 0 Å². The van der Waals surface area contributed by atoms with Crippen molar-refractivity contribution in [3.05, 3.63) is 24.3 Å². The van der Waals surface area contributed by atoms with Crippen LogP contribution in [0, 0.1) is 0 Å². The van der Waals surface area contributed by atoms with Crippen molar-refractivity contribution in [2.45, 2.75) is 25.4 Å². The number of anilines is 1. The third-order valence-electron chi connectivity index (χ3n) is 3.35. The normalized spacial score (nSPS) is 18.9. The van der Waals surface area contributed by atoms with Crippen LogP contribution in [0.4, 0.5) is 5.69 Å². The van der Waals surface area contributed by atoms with Crippen molar-refractivity contribution in [3.8, 4) is 5.75 Å². The van der Waals surface area contributed by atoms with Gasteiger partial charge in [0, 0.05) is 31.5 Å². The lowest BCUT2D eigenvalue weighted by atomic mass is 10.2. The maximum Gasteiger partial charge on any atom is 0.121 e. The molecule has 1 unspecified atom stereocenters. The van der Waals surface area contributed by atoms with Crippen LogP contribution in [0.2, 0.25) is 0 Å². The Morgan fingerprint density at radius 3 is 3.11 bits per heavy atom. The molecule has 0 radical (unpaired) electrons. The quantitative estimate of drug-likeness (QED) is 0.605. The summed E-state index contributed by atoms with van der Waals surface area (Å²) in [6.07, 6.45) is 3.85. The number of ether oxygens (including phenoxy) is 2. The molecular weight excluding hydrogens is 240 g/mol. The van der Waals surface area contributed by atoms with E-state index in [4.69, 9.17) is 15.2 Å². The molecule has 4 heteroatoms. The first-order valence-corrected chi connectivity index (χ1v) is 7.02. The van der Waals surface area contributed by atoms with Crippen LogP contribution in [-0.2, 0) is 4.74 Å². The largest absolute Gasteiger partial charge is 0.493 e. The predicted octanol–water partition coefficient (Wildman–Crippen LogP) is 2.15. The molecule has 1 aromatic carbocycles. The fourth-order valence-electron chi connectivity index (χ4n) is 2.36. The van der Waals surface area contributed by atoms with Gasteiger partial charge in [0.1, 0.15) is 5.75 Å². The zero-order valence-electron chi connectivity index (χ0n) is 11.7. The molecule has 1 aliphatic heterocycles. The summed E-state index contributed by atoms with van der Waals surface area (Å²) in [5.74, 6) is 0.849. The predicted molar refractivity (Wildman–Crippen MR) is 77.4 cm³/mol. The van der Waals surface area contributed by atoms with E-state index in [9.17, 15) is 0 Å². The molecule has 19 heavy (non-hydrogen) atoms. The highest BCUT2D eigenvalue weighted by atomic mass is 16.5. The van der Waals surface area contributed by atoms with Gasteiger partial charge in [0.25, 0.3) is 0 Å². The molecule has 0 spiro atoms. The Morgan fingerprint density at radius 2 is 2.37 bits per heavy atom. The van der Waals surface area contributed by atoms with Crippen molar-refractivity contribution >= 4 is 5.69 Å². The number of nitrogen functional groups attached to an aromatic ring is 1. The molecule has 1 atom stereocenters. The van der Waals surface area contributed by atoms with E-state index in [0.717, 1.165) is 44.2 Å². The van der Waals surface area contributed by atoms with Gasteiger partial charge in [0.15, 0.2) is 0 Å². The molecule has 2 N–H and O–H groups in total. The maximum atomic E-state index is 5.70. The van der Waals surface area contributed by atoms with Crippen molar-refractivity contribution < 1.29 is 9.47 Å². The number of likely N-dealkylation sites (N-methyl/N-ethyl adjacent to an activating group) is 1. The zero-order valence-corrected chi connectivity index (χ0v) is 11.7. The van der Waals surface area contributed by atoms with E-state index >= 15 is 0 Å². The lowest BCUT2D eigenvalue weighted by molar-refractivity contribution is 0.0797. The van der Waals surface area contributed by atoms with E-state index in [1.165, 1.54) is 12.8 Å². The van der Waals surface area contributed by atoms with Crippen molar-refractivity contribution in [2.24, 2.45) is 0 Å². The highest BCUT2D eigenvalue weighted by Gasteiger charge is 2.16. The number of nitrogens with two attached hydrogens (primary N) is 1. The fraction of sp³-hybridized carbons (Fsp3) is 0.600. The van der Waals surface area contributed by atoms with E-state index in [1.54, 1.807) is 0 Å². The molecule has 0 saturated carbocycles. The minimum Gasteiger partial charge on any atom is -0.493 e. The first-order chi connectivity index (χ1) is 9.24. The molecule has 0 bridgehead atoms. The Balaban J connectivity index is 1.58. The van der Waals surface area contributed by atoms with Gasteiger partial charge in [0.05, 0.1) is 12.7 Å². The topological polar surface area (TPSA) is 47.7 Å². The van der Waals surface area contributed by atoms with Crippen LogP contribution in [0.15, 0.2) is 24.3 Å². The summed E-state index contributed by atoms with van der Waals surface area (Å²) < 4.78 is 11.3. The summed E-state index contributed by atoms with van der Waals surface area (Å²) in [6, 6.07) is 7.57. The Labute approximate surface area is 115 Å². The molecule has 0 amide bonds. The molecule has 0 aromatic heterocycles. The second kappa shape index (κ2) is 7.36. The summed E-state index contributed by atoms with van der Waals surface area (Å²) in [4.78, 5) is 2.32. The lowest BCUT2D eigenvalue weighted by Gasteiger charge is -2.20. The molecule has 4 nitrogen and oxygen atoms in total. The van der Waals surface area contributed by atoms with Gasteiger partial charge in [-0.1, -0.05) is 6.07 Å². The van der Waals surface area contributed by atoms with Crippen LogP contribution < -0.4 is 10.5 Å². The SMILES string of the molecule is CN(CCCOc1cccc(N)c1)CC1CCCO1. The fourth-order valence-corrected chi connectivity index (χ4v) is 2.36. The van der Waals surface area contributed by atoms with E-state index in [2.05, 4.69) is 11.9 Å². The number of rotatable bonds is 7. The number of nitrogens with zero attached hydrogens (tertiary/aromatic N) is 1. The minimum atomic E-state index is 0.430. The van der Waals surface area contributed by atoms with Gasteiger partial charge in [-0.05, 0) is 38.4 Å².